The van der Waals surface area contributed by atoms with Crippen molar-refractivity contribution in [3.8, 4) is 0 Å². The Balaban J connectivity index is 1.72. The minimum Gasteiger partial charge on any atom is -0.274 e. The number of nitrogens with zero attached hydrogens (tertiary/aromatic N) is 2. The van der Waals surface area contributed by atoms with Crippen LogP contribution in [0, 0.1) is 11.8 Å². The zero-order valence-electron chi connectivity index (χ0n) is 11.9. The monoisotopic (exact) mass is 302 g/mol. The lowest BCUT2D eigenvalue weighted by atomic mass is 9.81. The molecule has 2 atom stereocenters. The van der Waals surface area contributed by atoms with Crippen molar-refractivity contribution < 1.29 is 18.9 Å². The average Bonchev–Trinajstić information content (AvgIpc) is 2.95. The summed E-state index contributed by atoms with van der Waals surface area (Å²) in [6.07, 6.45) is 3.42. The fourth-order valence-electron chi connectivity index (χ4n) is 3.81. The van der Waals surface area contributed by atoms with Gasteiger partial charge in [-0.3, -0.25) is 14.4 Å². The molecule has 3 amide bonds. The van der Waals surface area contributed by atoms with E-state index in [1.165, 1.54) is 11.0 Å². The van der Waals surface area contributed by atoms with E-state index in [9.17, 15) is 18.9 Å². The van der Waals surface area contributed by atoms with Crippen molar-refractivity contribution in [1.82, 2.24) is 0 Å². The van der Waals surface area contributed by atoms with Gasteiger partial charge in [0, 0.05) is 0 Å². The summed E-state index contributed by atoms with van der Waals surface area (Å²) in [6.45, 7) is 0. The maximum Gasteiger partial charge on any atom is 0.259 e. The van der Waals surface area contributed by atoms with Crippen LogP contribution in [0.2, 0.25) is 0 Å². The Morgan fingerprint density at radius 1 is 1.00 bits per heavy atom. The molecule has 1 aromatic rings. The van der Waals surface area contributed by atoms with Crippen LogP contribution in [0.15, 0.2) is 18.2 Å². The number of carbonyl (C=O) groups excluding carboxylic acids is 3. The molecule has 4 rings (SSSR count). The van der Waals surface area contributed by atoms with Gasteiger partial charge in [-0.1, -0.05) is 23.4 Å². The first kappa shape index (κ1) is 13.4. The summed E-state index contributed by atoms with van der Waals surface area (Å²) in [5.41, 5.74) is 1.08. The second kappa shape index (κ2) is 4.63. The largest absolute Gasteiger partial charge is 0.274 e. The highest BCUT2D eigenvalue weighted by Gasteiger charge is 2.49. The van der Waals surface area contributed by atoms with Crippen LogP contribution >= 0.6 is 0 Å². The summed E-state index contributed by atoms with van der Waals surface area (Å²) in [5.74, 6) is -1.48. The molecule has 5 nitrogen and oxygen atoms in total. The van der Waals surface area contributed by atoms with Crippen LogP contribution < -0.4 is 10.0 Å². The first-order valence-corrected chi connectivity index (χ1v) is 7.57. The van der Waals surface area contributed by atoms with Gasteiger partial charge < -0.3 is 0 Å². The summed E-state index contributed by atoms with van der Waals surface area (Å²) < 4.78 is 13.8. The van der Waals surface area contributed by atoms with Gasteiger partial charge in [0.2, 0.25) is 11.8 Å². The van der Waals surface area contributed by atoms with Gasteiger partial charge in [0.05, 0.1) is 29.6 Å². The van der Waals surface area contributed by atoms with E-state index < -0.39 is 5.91 Å². The van der Waals surface area contributed by atoms with Crippen LogP contribution in [0.3, 0.4) is 0 Å². The Bertz CT molecular complexity index is 679. The minimum absolute atomic E-state index is 0.0132. The van der Waals surface area contributed by atoms with Crippen molar-refractivity contribution in [3.63, 3.8) is 0 Å². The zero-order chi connectivity index (χ0) is 15.4. The van der Waals surface area contributed by atoms with E-state index in [2.05, 4.69) is 0 Å². The predicted octanol–water partition coefficient (Wildman–Crippen LogP) is 2.14. The normalized spacial score (nSPS) is 27.4. The van der Waals surface area contributed by atoms with E-state index in [-0.39, 0.29) is 40.9 Å². The molecule has 3 aliphatic rings. The lowest BCUT2D eigenvalue weighted by Crippen LogP contribution is -2.31. The van der Waals surface area contributed by atoms with Crippen LogP contribution in [-0.4, -0.2) is 17.7 Å². The SMILES string of the molecule is O=C1Cc2ccc(N3C(=O)C4CCCC[C@@H]4C3=O)cc2N1F. The summed E-state index contributed by atoms with van der Waals surface area (Å²) >= 11 is 0. The van der Waals surface area contributed by atoms with Crippen molar-refractivity contribution in [2.24, 2.45) is 11.8 Å². The van der Waals surface area contributed by atoms with Crippen molar-refractivity contribution in [2.75, 3.05) is 10.0 Å². The third-order valence-electron chi connectivity index (χ3n) is 4.94. The van der Waals surface area contributed by atoms with E-state index in [0.717, 1.165) is 25.7 Å². The minimum atomic E-state index is -0.625. The standard InChI is InChI=1S/C16H15FN2O3/c17-19-13-8-10(6-5-9(13)7-14(19)20)18-15(21)11-3-1-2-4-12(11)16(18)22/h5-6,8,11-12H,1-4,7H2/t11-,12?/m0/s1. The summed E-state index contributed by atoms with van der Waals surface area (Å²) in [7, 11) is 0. The molecule has 2 aliphatic heterocycles. The molecule has 114 valence electrons. The molecule has 0 aromatic heterocycles. The van der Waals surface area contributed by atoms with Gasteiger partial charge in [0.1, 0.15) is 0 Å². The summed E-state index contributed by atoms with van der Waals surface area (Å²) in [6, 6.07) is 4.66. The fraction of sp³-hybridized carbons (Fsp3) is 0.438. The molecular formula is C16H15FN2O3. The number of halogens is 1. The van der Waals surface area contributed by atoms with Gasteiger partial charge in [-0.15, -0.1) is 5.12 Å². The zero-order valence-corrected chi connectivity index (χ0v) is 11.9. The number of anilines is 2. The Kier molecular flexibility index (Phi) is 2.82. The highest BCUT2D eigenvalue weighted by Crippen LogP contribution is 2.41. The van der Waals surface area contributed by atoms with E-state index in [1.807, 2.05) is 0 Å². The molecule has 1 aromatic carbocycles. The molecule has 2 heterocycles. The maximum absolute atomic E-state index is 13.8. The Morgan fingerprint density at radius 2 is 1.64 bits per heavy atom. The molecular weight excluding hydrogens is 287 g/mol. The molecule has 1 saturated carbocycles. The van der Waals surface area contributed by atoms with Crippen LogP contribution in [0.5, 0.6) is 0 Å². The number of imide groups is 1. The van der Waals surface area contributed by atoms with Gasteiger partial charge in [-0.2, -0.15) is 0 Å². The van der Waals surface area contributed by atoms with E-state index in [4.69, 9.17) is 0 Å². The smallest absolute Gasteiger partial charge is 0.259 e. The van der Waals surface area contributed by atoms with E-state index in [0.29, 0.717) is 11.3 Å². The van der Waals surface area contributed by atoms with Crippen molar-refractivity contribution in [2.45, 2.75) is 32.1 Å². The average molecular weight is 302 g/mol. The number of benzene rings is 1. The molecule has 1 saturated heterocycles. The number of hydrogen-bond acceptors (Lipinski definition) is 3. The molecule has 1 aliphatic carbocycles. The highest BCUT2D eigenvalue weighted by molar-refractivity contribution is 6.22. The predicted molar refractivity (Wildman–Crippen MR) is 76.7 cm³/mol. The number of carbonyl (C=O) groups is 3. The first-order chi connectivity index (χ1) is 10.6. The van der Waals surface area contributed by atoms with E-state index in [1.54, 1.807) is 12.1 Å². The molecule has 2 fully saturated rings. The number of rotatable bonds is 1. The molecule has 0 bridgehead atoms. The molecule has 22 heavy (non-hydrogen) atoms. The van der Waals surface area contributed by atoms with Gasteiger partial charge in [-0.25, -0.2) is 4.90 Å². The van der Waals surface area contributed by atoms with Crippen molar-refractivity contribution in [3.05, 3.63) is 23.8 Å². The van der Waals surface area contributed by atoms with Gasteiger partial charge in [-0.05, 0) is 30.5 Å². The van der Waals surface area contributed by atoms with Gasteiger partial charge in [0.15, 0.2) is 0 Å². The molecule has 1 unspecified atom stereocenters. The summed E-state index contributed by atoms with van der Waals surface area (Å²) in [5, 5.41) is 0.0942. The Labute approximate surface area is 126 Å². The van der Waals surface area contributed by atoms with Crippen molar-refractivity contribution >= 4 is 29.1 Å². The van der Waals surface area contributed by atoms with Crippen LogP contribution in [0.25, 0.3) is 0 Å². The number of fused-ring (bicyclic) bond motifs is 2. The third-order valence-corrected chi connectivity index (χ3v) is 4.94. The first-order valence-electron chi connectivity index (χ1n) is 7.57. The molecule has 6 heteroatoms. The molecule has 0 spiro atoms. The summed E-state index contributed by atoms with van der Waals surface area (Å²) in [4.78, 5) is 37.6. The molecule has 0 radical (unpaired) electrons. The van der Waals surface area contributed by atoms with Gasteiger partial charge in [0.25, 0.3) is 5.91 Å². The third kappa shape index (κ3) is 1.73. The van der Waals surface area contributed by atoms with Crippen LogP contribution in [0.4, 0.5) is 15.9 Å². The van der Waals surface area contributed by atoms with Crippen LogP contribution in [0.1, 0.15) is 31.2 Å². The molecule has 0 N–H and O–H groups in total. The Morgan fingerprint density at radius 3 is 2.27 bits per heavy atom. The number of hydrogen-bond donors (Lipinski definition) is 0. The highest BCUT2D eigenvalue weighted by atomic mass is 19.2. The lowest BCUT2D eigenvalue weighted by Gasteiger charge is -2.19. The lowest BCUT2D eigenvalue weighted by molar-refractivity contribution is -0.122. The number of amides is 3. The topological polar surface area (TPSA) is 57.7 Å². The van der Waals surface area contributed by atoms with Crippen molar-refractivity contribution in [1.29, 1.82) is 0 Å². The second-order valence-corrected chi connectivity index (χ2v) is 6.17. The fourth-order valence-corrected chi connectivity index (χ4v) is 3.81. The van der Waals surface area contributed by atoms with Gasteiger partial charge >= 0.3 is 0 Å². The Hall–Kier alpha value is -2.24. The maximum atomic E-state index is 13.8. The quantitative estimate of drug-likeness (QED) is 0.590. The van der Waals surface area contributed by atoms with Crippen LogP contribution in [-0.2, 0) is 20.8 Å². The second-order valence-electron chi connectivity index (χ2n) is 6.17. The van der Waals surface area contributed by atoms with E-state index >= 15 is 0 Å².